The fourth-order valence-electron chi connectivity index (χ4n) is 3.91. The minimum absolute atomic E-state index is 0.494. The molecule has 6 N–H and O–H groups in total. The number of hydrazine groups is 2. The van der Waals surface area contributed by atoms with Gasteiger partial charge in [0.1, 0.15) is 5.82 Å². The highest BCUT2D eigenvalue weighted by Crippen LogP contribution is 2.30. The van der Waals surface area contributed by atoms with Gasteiger partial charge in [0, 0.05) is 44.5 Å². The Hall–Kier alpha value is -3.30. The molecular weight excluding hydrogens is 366 g/mol. The van der Waals surface area contributed by atoms with Crippen LogP contribution in [0.1, 0.15) is 16.7 Å². The van der Waals surface area contributed by atoms with E-state index in [0.29, 0.717) is 5.82 Å². The molecule has 4 heterocycles. The molecule has 2 aliphatic heterocycles. The standard InChI is InChI=1S/C20H25N9/c21-18-10-16(19-20(24-18)26-27-25-19)8-15-11-23-29(13-15)12-14-2-1-3-17(9-14)28-6-4-22-5-7-28/h1-3,9-11,13,22,25,27H,4-8,12H2,(H3,21,24,26). The first-order valence-corrected chi connectivity index (χ1v) is 9.87. The van der Waals surface area contributed by atoms with E-state index in [1.165, 1.54) is 11.3 Å². The molecule has 1 saturated heterocycles. The number of fused-ring (bicyclic) bond motifs is 1. The lowest BCUT2D eigenvalue weighted by Crippen LogP contribution is -2.43. The van der Waals surface area contributed by atoms with Crippen LogP contribution in [-0.2, 0) is 13.0 Å². The molecule has 2 aliphatic rings. The number of aromatic nitrogens is 3. The third-order valence-electron chi connectivity index (χ3n) is 5.31. The van der Waals surface area contributed by atoms with Crippen molar-refractivity contribution in [1.82, 2.24) is 25.6 Å². The molecule has 0 spiro atoms. The van der Waals surface area contributed by atoms with Crippen LogP contribution < -0.4 is 32.3 Å². The molecule has 2 aromatic heterocycles. The van der Waals surface area contributed by atoms with E-state index in [1.807, 2.05) is 16.9 Å². The first-order chi connectivity index (χ1) is 14.2. The quantitative estimate of drug-likeness (QED) is 0.441. The maximum Gasteiger partial charge on any atom is 0.169 e. The minimum atomic E-state index is 0.494. The summed E-state index contributed by atoms with van der Waals surface area (Å²) in [7, 11) is 0. The molecule has 0 unspecified atom stereocenters. The molecule has 150 valence electrons. The Labute approximate surface area is 169 Å². The number of hydrogen-bond donors (Lipinski definition) is 5. The van der Waals surface area contributed by atoms with Crippen molar-refractivity contribution in [3.63, 3.8) is 0 Å². The van der Waals surface area contributed by atoms with Crippen LogP contribution in [0.5, 0.6) is 0 Å². The fourth-order valence-corrected chi connectivity index (χ4v) is 3.91. The van der Waals surface area contributed by atoms with Crippen LogP contribution in [0.15, 0.2) is 42.7 Å². The van der Waals surface area contributed by atoms with Gasteiger partial charge in [-0.1, -0.05) is 12.1 Å². The number of nitrogens with zero attached hydrogens (tertiary/aromatic N) is 4. The van der Waals surface area contributed by atoms with E-state index < -0.39 is 0 Å². The highest BCUT2D eigenvalue weighted by molar-refractivity contribution is 5.74. The monoisotopic (exact) mass is 391 g/mol. The Balaban J connectivity index is 1.30. The van der Waals surface area contributed by atoms with Crippen molar-refractivity contribution in [3.05, 3.63) is 59.4 Å². The Morgan fingerprint density at radius 3 is 2.86 bits per heavy atom. The number of anilines is 4. The van der Waals surface area contributed by atoms with Gasteiger partial charge >= 0.3 is 0 Å². The van der Waals surface area contributed by atoms with Gasteiger partial charge in [-0.25, -0.2) is 4.98 Å². The summed E-state index contributed by atoms with van der Waals surface area (Å²) in [5, 5.41) is 7.96. The van der Waals surface area contributed by atoms with Crippen LogP contribution in [-0.4, -0.2) is 40.9 Å². The number of piperazine rings is 1. The van der Waals surface area contributed by atoms with Crippen molar-refractivity contribution in [1.29, 1.82) is 0 Å². The second-order valence-corrected chi connectivity index (χ2v) is 7.43. The summed E-state index contributed by atoms with van der Waals surface area (Å²) in [4.78, 5) is 6.71. The summed E-state index contributed by atoms with van der Waals surface area (Å²) in [6.07, 6.45) is 4.74. The number of hydrogen-bond acceptors (Lipinski definition) is 8. The Bertz CT molecular complexity index is 1010. The summed E-state index contributed by atoms with van der Waals surface area (Å²) >= 11 is 0. The van der Waals surface area contributed by atoms with Crippen molar-refractivity contribution < 1.29 is 0 Å². The highest BCUT2D eigenvalue weighted by Gasteiger charge is 2.17. The van der Waals surface area contributed by atoms with Crippen molar-refractivity contribution >= 4 is 23.0 Å². The summed E-state index contributed by atoms with van der Waals surface area (Å²) in [6, 6.07) is 10.6. The zero-order valence-electron chi connectivity index (χ0n) is 16.2. The van der Waals surface area contributed by atoms with Crippen LogP contribution in [0.4, 0.5) is 23.0 Å². The molecule has 0 amide bonds. The highest BCUT2D eigenvalue weighted by atomic mass is 15.6. The molecule has 1 aromatic carbocycles. The number of rotatable bonds is 5. The van der Waals surface area contributed by atoms with Gasteiger partial charge in [-0.05, 0) is 34.9 Å². The summed E-state index contributed by atoms with van der Waals surface area (Å²) < 4.78 is 1.99. The average molecular weight is 391 g/mol. The smallest absolute Gasteiger partial charge is 0.169 e. The maximum atomic E-state index is 5.93. The van der Waals surface area contributed by atoms with Gasteiger partial charge in [-0.2, -0.15) is 5.10 Å². The van der Waals surface area contributed by atoms with E-state index in [2.05, 4.69) is 67.1 Å². The zero-order chi connectivity index (χ0) is 19.6. The minimum Gasteiger partial charge on any atom is -0.384 e. The summed E-state index contributed by atoms with van der Waals surface area (Å²) in [5.41, 5.74) is 20.5. The van der Waals surface area contributed by atoms with Crippen molar-refractivity contribution in [3.8, 4) is 0 Å². The van der Waals surface area contributed by atoms with Gasteiger partial charge in [-0.3, -0.25) is 10.1 Å². The van der Waals surface area contributed by atoms with Crippen LogP contribution in [0.25, 0.3) is 0 Å². The molecule has 5 rings (SSSR count). The maximum absolute atomic E-state index is 5.93. The van der Waals surface area contributed by atoms with Crippen LogP contribution in [0.2, 0.25) is 0 Å². The first kappa shape index (κ1) is 17.8. The molecule has 0 bridgehead atoms. The molecular formula is C20H25N9. The van der Waals surface area contributed by atoms with Crippen molar-refractivity contribution in [2.45, 2.75) is 13.0 Å². The third kappa shape index (κ3) is 3.82. The topological polar surface area (TPSA) is 108 Å². The lowest BCUT2D eigenvalue weighted by molar-refractivity contribution is 0.589. The van der Waals surface area contributed by atoms with E-state index in [4.69, 9.17) is 5.73 Å². The number of nitrogen functional groups attached to an aromatic ring is 1. The van der Waals surface area contributed by atoms with E-state index in [0.717, 1.165) is 61.8 Å². The van der Waals surface area contributed by atoms with Crippen LogP contribution in [0.3, 0.4) is 0 Å². The van der Waals surface area contributed by atoms with E-state index in [-0.39, 0.29) is 0 Å². The van der Waals surface area contributed by atoms with Gasteiger partial charge < -0.3 is 21.4 Å². The van der Waals surface area contributed by atoms with Crippen LogP contribution in [0, 0.1) is 0 Å². The Kier molecular flexibility index (Phi) is 4.66. The van der Waals surface area contributed by atoms with Gasteiger partial charge in [-0.15, -0.1) is 5.53 Å². The van der Waals surface area contributed by atoms with Crippen LogP contribution >= 0.6 is 0 Å². The van der Waals surface area contributed by atoms with E-state index >= 15 is 0 Å². The lowest BCUT2D eigenvalue weighted by Gasteiger charge is -2.29. The SMILES string of the molecule is Nc1cc(Cc2cnn(Cc3cccc(N4CCNCC4)c3)c2)c2c(n1)NNN2. The summed E-state index contributed by atoms with van der Waals surface area (Å²) in [6.45, 7) is 4.92. The predicted molar refractivity (Wildman–Crippen MR) is 115 cm³/mol. The van der Waals surface area contributed by atoms with Gasteiger partial charge in [0.15, 0.2) is 5.82 Å². The molecule has 29 heavy (non-hydrogen) atoms. The third-order valence-corrected chi connectivity index (χ3v) is 5.31. The molecule has 0 radical (unpaired) electrons. The van der Waals surface area contributed by atoms with Crippen molar-refractivity contribution in [2.24, 2.45) is 0 Å². The molecule has 0 saturated carbocycles. The largest absolute Gasteiger partial charge is 0.384 e. The second kappa shape index (κ2) is 7.61. The predicted octanol–water partition coefficient (Wildman–Crippen LogP) is 1.17. The van der Waals surface area contributed by atoms with Gasteiger partial charge in [0.05, 0.1) is 18.4 Å². The van der Waals surface area contributed by atoms with E-state index in [9.17, 15) is 0 Å². The first-order valence-electron chi connectivity index (χ1n) is 9.87. The zero-order valence-corrected chi connectivity index (χ0v) is 16.2. The number of pyridine rings is 1. The molecule has 9 heteroatoms. The number of nitrogens with two attached hydrogens (primary N) is 1. The molecule has 0 atom stereocenters. The number of benzene rings is 1. The van der Waals surface area contributed by atoms with Crippen molar-refractivity contribution in [2.75, 3.05) is 47.7 Å². The normalized spacial score (nSPS) is 15.7. The lowest BCUT2D eigenvalue weighted by atomic mass is 10.1. The van der Waals surface area contributed by atoms with Gasteiger partial charge in [0.25, 0.3) is 0 Å². The molecule has 1 fully saturated rings. The second-order valence-electron chi connectivity index (χ2n) is 7.43. The average Bonchev–Trinajstić information content (AvgIpc) is 3.38. The van der Waals surface area contributed by atoms with Gasteiger partial charge in [0.2, 0.25) is 0 Å². The fraction of sp³-hybridized carbons (Fsp3) is 0.300. The molecule has 3 aromatic rings. The molecule has 0 aliphatic carbocycles. The Morgan fingerprint density at radius 1 is 1.07 bits per heavy atom. The Morgan fingerprint density at radius 2 is 1.97 bits per heavy atom. The summed E-state index contributed by atoms with van der Waals surface area (Å²) in [5.74, 6) is 1.21. The number of nitrogens with one attached hydrogen (secondary N) is 4. The van der Waals surface area contributed by atoms with E-state index in [1.54, 1.807) is 0 Å². The molecule has 9 nitrogen and oxygen atoms in total.